The molecule has 2 aromatic carbocycles. The van der Waals surface area contributed by atoms with Crippen molar-refractivity contribution >= 4 is 6.09 Å². The van der Waals surface area contributed by atoms with Crippen molar-refractivity contribution in [1.29, 1.82) is 0 Å². The van der Waals surface area contributed by atoms with Gasteiger partial charge in [-0.2, -0.15) is 0 Å². The molecule has 3 fully saturated rings. The molecule has 0 N–H and O–H groups in total. The standard InChI is InChI=1S/C23H25FN2O2/c24-19-7-5-18(6-8-19)22-20-4-2-1-3-16(20)11-14-26(22)23(27)28-21-15-25-12-9-17(21)10-13-25/h1-8,17,21-22H,9-15H2/t21?,22-/m0/s1/i24-1. The number of halogens is 1. The van der Waals surface area contributed by atoms with Crippen molar-refractivity contribution in [3.8, 4) is 0 Å². The summed E-state index contributed by atoms with van der Waals surface area (Å²) < 4.78 is 19.5. The number of carbonyl (C=O) groups excluding carboxylic acids is 1. The highest BCUT2D eigenvalue weighted by Gasteiger charge is 2.39. The molecule has 0 aliphatic carbocycles. The lowest BCUT2D eigenvalue weighted by Gasteiger charge is -2.45. The molecule has 4 nitrogen and oxygen atoms in total. The van der Waals surface area contributed by atoms with Crippen molar-refractivity contribution in [2.45, 2.75) is 31.4 Å². The second-order valence-corrected chi connectivity index (χ2v) is 8.16. The summed E-state index contributed by atoms with van der Waals surface area (Å²) in [6, 6.07) is 14.4. The number of hydrogen-bond acceptors (Lipinski definition) is 3. The molecule has 2 bridgehead atoms. The van der Waals surface area contributed by atoms with Crippen molar-refractivity contribution < 1.29 is 13.9 Å². The summed E-state index contributed by atoms with van der Waals surface area (Å²) in [5.74, 6) is 0.213. The normalized spacial score (nSPS) is 28.7. The predicted octanol–water partition coefficient (Wildman–Crippen LogP) is 4.00. The van der Waals surface area contributed by atoms with Gasteiger partial charge in [0.2, 0.25) is 0 Å². The maximum absolute atomic E-state index is 13.5. The molecule has 0 saturated carbocycles. The van der Waals surface area contributed by atoms with Gasteiger partial charge in [-0.05, 0) is 67.1 Å². The average Bonchev–Trinajstić information content (AvgIpc) is 2.74. The van der Waals surface area contributed by atoms with Gasteiger partial charge < -0.3 is 4.74 Å². The van der Waals surface area contributed by atoms with E-state index < -0.39 is 0 Å². The fourth-order valence-electron chi connectivity index (χ4n) is 5.01. The van der Waals surface area contributed by atoms with Crippen LogP contribution in [-0.2, 0) is 11.2 Å². The highest BCUT2D eigenvalue weighted by Crippen LogP contribution is 2.37. The van der Waals surface area contributed by atoms with Crippen LogP contribution in [0.4, 0.5) is 9.18 Å². The molecular formula is C23H25FN2O2. The number of piperidine rings is 3. The van der Waals surface area contributed by atoms with Crippen LogP contribution in [0.5, 0.6) is 0 Å². The van der Waals surface area contributed by atoms with Gasteiger partial charge in [0.15, 0.2) is 0 Å². The first-order valence-corrected chi connectivity index (χ1v) is 10.2. The minimum Gasteiger partial charge on any atom is -0.444 e. The number of carbonyl (C=O) groups is 1. The van der Waals surface area contributed by atoms with Gasteiger partial charge in [-0.15, -0.1) is 0 Å². The van der Waals surface area contributed by atoms with Gasteiger partial charge in [0, 0.05) is 13.1 Å². The third kappa shape index (κ3) is 3.18. The Kier molecular flexibility index (Phi) is 4.55. The molecule has 28 heavy (non-hydrogen) atoms. The van der Waals surface area contributed by atoms with Gasteiger partial charge >= 0.3 is 6.09 Å². The number of rotatable bonds is 2. The van der Waals surface area contributed by atoms with Crippen LogP contribution in [0.25, 0.3) is 0 Å². The zero-order chi connectivity index (χ0) is 19.1. The van der Waals surface area contributed by atoms with Gasteiger partial charge in [-0.25, -0.2) is 9.18 Å². The Hall–Kier alpha value is -2.40. The Morgan fingerprint density at radius 1 is 1.00 bits per heavy atom. The van der Waals surface area contributed by atoms with Crippen molar-refractivity contribution in [3.63, 3.8) is 0 Å². The molecule has 1 unspecified atom stereocenters. The summed E-state index contributed by atoms with van der Waals surface area (Å²) in [6.07, 6.45) is 2.77. The van der Waals surface area contributed by atoms with Crippen LogP contribution < -0.4 is 0 Å². The minimum absolute atomic E-state index is 0.0129. The summed E-state index contributed by atoms with van der Waals surface area (Å²) in [7, 11) is 0. The van der Waals surface area contributed by atoms with Gasteiger partial charge in [0.1, 0.15) is 11.9 Å². The number of benzene rings is 2. The molecule has 4 heterocycles. The summed E-state index contributed by atoms with van der Waals surface area (Å²) >= 11 is 0. The highest BCUT2D eigenvalue weighted by molar-refractivity contribution is 5.70. The third-order valence-electron chi connectivity index (χ3n) is 6.55. The number of fused-ring (bicyclic) bond motifs is 4. The Balaban J connectivity index is 1.43. The van der Waals surface area contributed by atoms with Crippen molar-refractivity contribution in [3.05, 3.63) is 71.0 Å². The Labute approximate surface area is 164 Å². The molecule has 6 rings (SSSR count). The van der Waals surface area contributed by atoms with Crippen molar-refractivity contribution in [1.82, 2.24) is 9.80 Å². The molecule has 4 aliphatic rings. The quantitative estimate of drug-likeness (QED) is 0.791. The Morgan fingerprint density at radius 2 is 1.75 bits per heavy atom. The van der Waals surface area contributed by atoms with E-state index in [0.717, 1.165) is 50.0 Å². The van der Waals surface area contributed by atoms with Crippen molar-refractivity contribution in [2.24, 2.45) is 5.92 Å². The first-order chi connectivity index (χ1) is 13.7. The van der Waals surface area contributed by atoms with Crippen molar-refractivity contribution in [2.75, 3.05) is 26.2 Å². The van der Waals surface area contributed by atoms with Crippen LogP contribution in [0.1, 0.15) is 35.6 Å². The van der Waals surface area contributed by atoms with Gasteiger partial charge in [0.05, 0.1) is 6.04 Å². The van der Waals surface area contributed by atoms with E-state index in [2.05, 4.69) is 17.0 Å². The summed E-state index contributed by atoms with van der Waals surface area (Å²) in [4.78, 5) is 17.4. The van der Waals surface area contributed by atoms with E-state index in [0.29, 0.717) is 12.5 Å². The van der Waals surface area contributed by atoms with Crippen LogP contribution in [-0.4, -0.2) is 48.2 Å². The van der Waals surface area contributed by atoms with E-state index in [1.807, 2.05) is 17.0 Å². The minimum atomic E-state index is -0.269. The maximum atomic E-state index is 13.5. The summed E-state index contributed by atoms with van der Waals surface area (Å²) in [6.45, 7) is 3.70. The average molecular weight is 379 g/mol. The van der Waals surface area contributed by atoms with Crippen LogP contribution in [0.2, 0.25) is 0 Å². The number of nitrogens with zero attached hydrogens (tertiary/aromatic N) is 2. The van der Waals surface area contributed by atoms with E-state index in [-0.39, 0.29) is 24.1 Å². The Bertz CT molecular complexity index is 861. The first kappa shape index (κ1) is 17.7. The van der Waals surface area contributed by atoms with Crippen LogP contribution in [0.15, 0.2) is 48.5 Å². The first-order valence-electron chi connectivity index (χ1n) is 10.2. The van der Waals surface area contributed by atoms with Gasteiger partial charge in [-0.3, -0.25) is 9.80 Å². The van der Waals surface area contributed by atoms with Gasteiger partial charge in [0.25, 0.3) is 0 Å². The maximum Gasteiger partial charge on any atom is 0.410 e. The monoisotopic (exact) mass is 379 g/mol. The molecule has 0 radical (unpaired) electrons. The zero-order valence-electron chi connectivity index (χ0n) is 15.9. The van der Waals surface area contributed by atoms with E-state index in [9.17, 15) is 9.18 Å². The molecule has 1 amide bonds. The smallest absolute Gasteiger partial charge is 0.410 e. The second kappa shape index (κ2) is 7.21. The topological polar surface area (TPSA) is 32.8 Å². The fraction of sp³-hybridized carbons (Fsp3) is 0.435. The molecule has 5 heteroatoms. The molecule has 4 aliphatic heterocycles. The van der Waals surface area contributed by atoms with Crippen LogP contribution >= 0.6 is 0 Å². The fourth-order valence-corrected chi connectivity index (χ4v) is 5.01. The Morgan fingerprint density at radius 3 is 2.46 bits per heavy atom. The molecule has 2 atom stereocenters. The van der Waals surface area contributed by atoms with Crippen LogP contribution in [0, 0.1) is 11.7 Å². The van der Waals surface area contributed by atoms with E-state index in [1.165, 1.54) is 17.7 Å². The largest absolute Gasteiger partial charge is 0.444 e. The zero-order valence-corrected chi connectivity index (χ0v) is 15.9. The van der Waals surface area contributed by atoms with E-state index in [1.54, 1.807) is 12.1 Å². The molecule has 0 spiro atoms. The molecule has 3 saturated heterocycles. The SMILES string of the molecule is O=C(OC1CN2CCC1CC2)N1CCc2ccccc2[C@@H]1c1ccc([18F])cc1. The number of ether oxygens (including phenoxy) is 1. The lowest BCUT2D eigenvalue weighted by atomic mass is 9.86. The van der Waals surface area contributed by atoms with Gasteiger partial charge in [-0.1, -0.05) is 36.4 Å². The summed E-state index contributed by atoms with van der Waals surface area (Å²) in [5, 5.41) is 0. The highest BCUT2D eigenvalue weighted by atomic mass is 18.2. The molecular weight excluding hydrogens is 354 g/mol. The second-order valence-electron chi connectivity index (χ2n) is 8.16. The summed E-state index contributed by atoms with van der Waals surface area (Å²) in [5.41, 5.74) is 3.26. The van der Waals surface area contributed by atoms with E-state index in [4.69, 9.17) is 4.74 Å². The third-order valence-corrected chi connectivity index (χ3v) is 6.55. The number of hydrogen-bond donors (Lipinski definition) is 0. The molecule has 146 valence electrons. The molecule has 0 aromatic heterocycles. The lowest BCUT2D eigenvalue weighted by Crippen LogP contribution is -2.53. The lowest BCUT2D eigenvalue weighted by molar-refractivity contribution is -0.0462. The number of amides is 1. The molecule has 2 aromatic rings. The van der Waals surface area contributed by atoms with E-state index >= 15 is 0 Å². The predicted molar refractivity (Wildman–Crippen MR) is 105 cm³/mol. The van der Waals surface area contributed by atoms with Crippen LogP contribution in [0.3, 0.4) is 0 Å².